The highest BCUT2D eigenvalue weighted by atomic mass is 19.1. The molecule has 0 aromatic heterocycles. The Bertz CT molecular complexity index is 1110. The van der Waals surface area contributed by atoms with Gasteiger partial charge in [0.1, 0.15) is 5.82 Å². The number of hydrogen-bond donors (Lipinski definition) is 2. The zero-order valence-corrected chi connectivity index (χ0v) is 19.4. The Hall–Kier alpha value is -3.29. The van der Waals surface area contributed by atoms with Gasteiger partial charge in [0.25, 0.3) is 5.91 Å². The van der Waals surface area contributed by atoms with Crippen LogP contribution in [0.3, 0.4) is 0 Å². The van der Waals surface area contributed by atoms with Gasteiger partial charge in [-0.1, -0.05) is 6.07 Å². The van der Waals surface area contributed by atoms with Crippen LogP contribution in [0.15, 0.2) is 36.4 Å². The number of ether oxygens (including phenoxy) is 1. The molecular weight excluding hydrogens is 456 g/mol. The Morgan fingerprint density at radius 1 is 0.914 bits per heavy atom. The molecule has 0 aliphatic heterocycles. The average Bonchev–Trinajstić information content (AvgIpc) is 3.68. The van der Waals surface area contributed by atoms with Gasteiger partial charge in [0, 0.05) is 24.1 Å². The van der Waals surface area contributed by atoms with E-state index in [1.54, 1.807) is 12.1 Å². The molecule has 0 heterocycles. The lowest BCUT2D eigenvalue weighted by Gasteiger charge is -2.27. The van der Waals surface area contributed by atoms with Crippen LogP contribution in [0.4, 0.5) is 8.78 Å². The summed E-state index contributed by atoms with van der Waals surface area (Å²) in [6.07, 6.45) is 4.26. The summed E-state index contributed by atoms with van der Waals surface area (Å²) in [6.45, 7) is 0.235. The van der Waals surface area contributed by atoms with Crippen molar-refractivity contribution in [2.45, 2.75) is 63.4 Å². The molecule has 2 N–H and O–H groups in total. The number of halogens is 2. The standard InChI is InChI=1S/C27H29F2NO5/c28-22-15-19(7-11-21(22)16-3-4-16)26(32)30-13-1-2-24(31)18-8-12-25(23(29)14-18)35-20-9-5-17(6-10-20)27(33)34/h7-8,11-12,14-17,20H,1-6,9-10,13H2,(H,30,32)(H,33,34). The molecule has 4 rings (SSSR count). The minimum Gasteiger partial charge on any atom is -0.487 e. The second-order valence-corrected chi connectivity index (χ2v) is 9.37. The highest BCUT2D eigenvalue weighted by molar-refractivity contribution is 5.96. The van der Waals surface area contributed by atoms with E-state index in [0.29, 0.717) is 37.7 Å². The lowest BCUT2D eigenvalue weighted by Crippen LogP contribution is -2.28. The molecule has 2 fully saturated rings. The monoisotopic (exact) mass is 485 g/mol. The number of carbonyl (C=O) groups excluding carboxylic acids is 2. The van der Waals surface area contributed by atoms with E-state index < -0.39 is 17.7 Å². The Morgan fingerprint density at radius 2 is 1.60 bits per heavy atom. The van der Waals surface area contributed by atoms with Gasteiger partial charge in [0.05, 0.1) is 12.0 Å². The molecular formula is C27H29F2NO5. The van der Waals surface area contributed by atoms with E-state index in [4.69, 9.17) is 9.84 Å². The van der Waals surface area contributed by atoms with Crippen molar-refractivity contribution in [1.82, 2.24) is 5.32 Å². The number of carboxylic acids is 1. The van der Waals surface area contributed by atoms with Crippen molar-refractivity contribution in [3.8, 4) is 5.75 Å². The first-order valence-corrected chi connectivity index (χ1v) is 12.1. The van der Waals surface area contributed by atoms with Gasteiger partial charge in [-0.25, -0.2) is 8.78 Å². The molecule has 186 valence electrons. The minimum atomic E-state index is -0.812. The van der Waals surface area contributed by atoms with Gasteiger partial charge in [-0.3, -0.25) is 14.4 Å². The second-order valence-electron chi connectivity index (χ2n) is 9.37. The number of nitrogens with one attached hydrogen (secondary N) is 1. The topological polar surface area (TPSA) is 92.7 Å². The van der Waals surface area contributed by atoms with Gasteiger partial charge in [0.2, 0.25) is 0 Å². The number of benzene rings is 2. The summed E-state index contributed by atoms with van der Waals surface area (Å²) < 4.78 is 34.3. The van der Waals surface area contributed by atoms with Crippen molar-refractivity contribution in [3.05, 3.63) is 64.7 Å². The molecule has 1 amide bonds. The first-order valence-electron chi connectivity index (χ1n) is 12.1. The predicted molar refractivity (Wildman–Crippen MR) is 125 cm³/mol. The minimum absolute atomic E-state index is 0.0486. The summed E-state index contributed by atoms with van der Waals surface area (Å²) in [5.74, 6) is -2.53. The smallest absolute Gasteiger partial charge is 0.306 e. The van der Waals surface area contributed by atoms with E-state index in [2.05, 4.69) is 5.32 Å². The molecule has 0 atom stereocenters. The Morgan fingerprint density at radius 3 is 2.23 bits per heavy atom. The van der Waals surface area contributed by atoms with Gasteiger partial charge in [-0.05, 0) is 86.8 Å². The quantitative estimate of drug-likeness (QED) is 0.354. The molecule has 2 aromatic carbocycles. The molecule has 0 radical (unpaired) electrons. The van der Waals surface area contributed by atoms with Crippen LogP contribution in [-0.4, -0.2) is 35.4 Å². The molecule has 2 saturated carbocycles. The van der Waals surface area contributed by atoms with Gasteiger partial charge >= 0.3 is 5.97 Å². The summed E-state index contributed by atoms with van der Waals surface area (Å²) in [5.41, 5.74) is 1.11. The Kier molecular flexibility index (Phi) is 7.78. The van der Waals surface area contributed by atoms with Crippen LogP contribution in [-0.2, 0) is 4.79 Å². The van der Waals surface area contributed by atoms with Crippen LogP contribution in [0.5, 0.6) is 5.75 Å². The number of carbonyl (C=O) groups is 3. The summed E-state index contributed by atoms with van der Waals surface area (Å²) >= 11 is 0. The zero-order chi connectivity index (χ0) is 24.9. The maximum absolute atomic E-state index is 14.5. The van der Waals surface area contributed by atoms with Crippen LogP contribution in [0, 0.1) is 17.6 Å². The van der Waals surface area contributed by atoms with Crippen molar-refractivity contribution < 1.29 is 33.0 Å². The fraction of sp³-hybridized carbons (Fsp3) is 0.444. The third kappa shape index (κ3) is 6.44. The highest BCUT2D eigenvalue weighted by Gasteiger charge is 2.28. The van der Waals surface area contributed by atoms with Gasteiger partial charge < -0.3 is 15.2 Å². The van der Waals surface area contributed by atoms with E-state index in [1.165, 1.54) is 18.2 Å². The number of Topliss-reactive ketones (excluding diaryl/α,β-unsaturated/α-hetero) is 1. The van der Waals surface area contributed by atoms with Gasteiger partial charge in [-0.15, -0.1) is 0 Å². The van der Waals surface area contributed by atoms with E-state index in [-0.39, 0.29) is 59.4 Å². The lowest BCUT2D eigenvalue weighted by molar-refractivity contribution is -0.143. The van der Waals surface area contributed by atoms with E-state index >= 15 is 0 Å². The molecule has 0 saturated heterocycles. The summed E-state index contributed by atoms with van der Waals surface area (Å²) in [7, 11) is 0. The maximum Gasteiger partial charge on any atom is 0.306 e. The molecule has 2 aromatic rings. The molecule has 35 heavy (non-hydrogen) atoms. The number of ketones is 1. The normalized spacial score (nSPS) is 19.7. The number of rotatable bonds is 10. The molecule has 2 aliphatic rings. The molecule has 2 aliphatic carbocycles. The fourth-order valence-corrected chi connectivity index (χ4v) is 4.47. The van der Waals surface area contributed by atoms with E-state index in [1.807, 2.05) is 0 Å². The van der Waals surface area contributed by atoms with Crippen molar-refractivity contribution in [2.24, 2.45) is 5.92 Å². The molecule has 8 heteroatoms. The van der Waals surface area contributed by atoms with Crippen molar-refractivity contribution in [3.63, 3.8) is 0 Å². The van der Waals surface area contributed by atoms with Gasteiger partial charge in [0.15, 0.2) is 17.3 Å². The second kappa shape index (κ2) is 11.0. The summed E-state index contributed by atoms with van der Waals surface area (Å²) in [4.78, 5) is 35.7. The average molecular weight is 486 g/mol. The highest BCUT2D eigenvalue weighted by Crippen LogP contribution is 2.41. The van der Waals surface area contributed by atoms with Crippen LogP contribution >= 0.6 is 0 Å². The molecule has 0 bridgehead atoms. The van der Waals surface area contributed by atoms with Crippen molar-refractivity contribution in [1.29, 1.82) is 0 Å². The van der Waals surface area contributed by atoms with Crippen LogP contribution in [0.1, 0.15) is 83.6 Å². The number of aliphatic carboxylic acids is 1. The van der Waals surface area contributed by atoms with Gasteiger partial charge in [-0.2, -0.15) is 0 Å². The van der Waals surface area contributed by atoms with Crippen LogP contribution in [0.25, 0.3) is 0 Å². The first kappa shape index (κ1) is 24.8. The number of carboxylic acid groups (broad SMARTS) is 1. The number of amides is 1. The fourth-order valence-electron chi connectivity index (χ4n) is 4.47. The Balaban J connectivity index is 1.21. The van der Waals surface area contributed by atoms with Crippen molar-refractivity contribution in [2.75, 3.05) is 6.54 Å². The third-order valence-electron chi connectivity index (χ3n) is 6.72. The molecule has 6 nitrogen and oxygen atoms in total. The van der Waals surface area contributed by atoms with Crippen LogP contribution < -0.4 is 10.1 Å². The van der Waals surface area contributed by atoms with E-state index in [0.717, 1.165) is 18.9 Å². The maximum atomic E-state index is 14.5. The first-order chi connectivity index (χ1) is 16.8. The third-order valence-corrected chi connectivity index (χ3v) is 6.72. The SMILES string of the molecule is O=C(CCCNC(=O)c1ccc(C2CC2)c(F)c1)c1ccc(OC2CCC(C(=O)O)CC2)c(F)c1. The largest absolute Gasteiger partial charge is 0.487 e. The van der Waals surface area contributed by atoms with E-state index in [9.17, 15) is 23.2 Å². The van der Waals surface area contributed by atoms with Crippen LogP contribution in [0.2, 0.25) is 0 Å². The predicted octanol–water partition coefficient (Wildman–Crippen LogP) is 5.26. The number of hydrogen-bond acceptors (Lipinski definition) is 4. The molecule has 0 unspecified atom stereocenters. The zero-order valence-electron chi connectivity index (χ0n) is 19.4. The summed E-state index contributed by atoms with van der Waals surface area (Å²) in [6, 6.07) is 8.59. The Labute approximate surface area is 202 Å². The summed E-state index contributed by atoms with van der Waals surface area (Å²) in [5, 5.41) is 11.8. The van der Waals surface area contributed by atoms with Crippen molar-refractivity contribution >= 4 is 17.7 Å². The lowest BCUT2D eigenvalue weighted by atomic mass is 9.87. The molecule has 0 spiro atoms.